The number of hydrogen-bond donors (Lipinski definition) is 0. The summed E-state index contributed by atoms with van der Waals surface area (Å²) >= 11 is 0. The molecule has 2 nitrogen and oxygen atoms in total. The summed E-state index contributed by atoms with van der Waals surface area (Å²) in [6.07, 6.45) is 11.4. The number of carbonyl (C=O) groups is 1. The molecule has 0 heterocycles. The zero-order chi connectivity index (χ0) is 25.8. The molecule has 0 saturated heterocycles. The summed E-state index contributed by atoms with van der Waals surface area (Å²) in [5.74, 6) is 0.451. The fourth-order valence-corrected chi connectivity index (χ4v) is 10.0. The first-order chi connectivity index (χ1) is 16.7. The second-order valence-electron chi connectivity index (χ2n) is 11.4. The number of allylic oxidation sites excluding steroid dienone is 1. The molecular formula is C32H48O2Si. The summed E-state index contributed by atoms with van der Waals surface area (Å²) in [6.45, 7) is 15.7. The van der Waals surface area contributed by atoms with Gasteiger partial charge in [-0.15, -0.1) is 6.58 Å². The number of hydrogen-bond acceptors (Lipinski definition) is 2. The van der Waals surface area contributed by atoms with Crippen molar-refractivity contribution in [3.63, 3.8) is 0 Å². The van der Waals surface area contributed by atoms with Gasteiger partial charge in [-0.3, -0.25) is 4.79 Å². The molecular weight excluding hydrogens is 444 g/mol. The molecule has 0 radical (unpaired) electrons. The van der Waals surface area contributed by atoms with Crippen LogP contribution in [0.3, 0.4) is 0 Å². The van der Waals surface area contributed by atoms with E-state index in [2.05, 4.69) is 102 Å². The monoisotopic (exact) mass is 492 g/mol. The number of unbranched alkanes of at least 4 members (excludes halogenated alkanes) is 2. The van der Waals surface area contributed by atoms with E-state index < -0.39 is 8.32 Å². The Labute approximate surface area is 216 Å². The van der Waals surface area contributed by atoms with Crippen molar-refractivity contribution in [2.45, 2.75) is 97.4 Å². The van der Waals surface area contributed by atoms with E-state index in [9.17, 15) is 4.79 Å². The molecule has 1 atom stereocenters. The molecule has 0 bridgehead atoms. The van der Waals surface area contributed by atoms with Crippen LogP contribution in [0.1, 0.15) is 92.4 Å². The van der Waals surface area contributed by atoms with Crippen molar-refractivity contribution in [1.29, 1.82) is 0 Å². The maximum Gasteiger partial charge on any atom is 0.261 e. The third-order valence-corrected chi connectivity index (χ3v) is 12.3. The van der Waals surface area contributed by atoms with Crippen LogP contribution in [0.2, 0.25) is 5.04 Å². The molecule has 3 rings (SSSR count). The van der Waals surface area contributed by atoms with Crippen LogP contribution >= 0.6 is 0 Å². The van der Waals surface area contributed by atoms with Gasteiger partial charge in [0, 0.05) is 19.4 Å². The van der Waals surface area contributed by atoms with Gasteiger partial charge in [0.1, 0.15) is 5.78 Å². The van der Waals surface area contributed by atoms with Crippen molar-refractivity contribution in [2.24, 2.45) is 5.41 Å². The van der Waals surface area contributed by atoms with Crippen molar-refractivity contribution >= 4 is 24.5 Å². The smallest absolute Gasteiger partial charge is 0.261 e. The fraction of sp³-hybridized carbons (Fsp3) is 0.531. The number of carbonyl (C=O) groups excluding carboxylic acids is 1. The summed E-state index contributed by atoms with van der Waals surface area (Å²) in [5, 5.41) is 2.71. The Hall–Kier alpha value is -1.97. The molecule has 1 aliphatic carbocycles. The molecule has 192 valence electrons. The Morgan fingerprint density at radius 2 is 1.57 bits per heavy atom. The van der Waals surface area contributed by atoms with Gasteiger partial charge in [0.25, 0.3) is 8.32 Å². The fourth-order valence-electron chi connectivity index (χ4n) is 5.42. The van der Waals surface area contributed by atoms with E-state index in [1.165, 1.54) is 23.2 Å². The summed E-state index contributed by atoms with van der Waals surface area (Å²) < 4.78 is 6.98. The average Bonchev–Trinajstić information content (AvgIpc) is 2.82. The molecule has 0 amide bonds. The van der Waals surface area contributed by atoms with E-state index in [4.69, 9.17) is 4.43 Å². The molecule has 35 heavy (non-hydrogen) atoms. The van der Waals surface area contributed by atoms with Gasteiger partial charge in [-0.25, -0.2) is 0 Å². The molecule has 1 saturated carbocycles. The number of ketones is 1. The number of rotatable bonds is 10. The molecule has 0 unspecified atom stereocenters. The van der Waals surface area contributed by atoms with Crippen molar-refractivity contribution in [2.75, 3.05) is 6.61 Å². The van der Waals surface area contributed by atoms with Gasteiger partial charge < -0.3 is 4.43 Å². The highest BCUT2D eigenvalue weighted by Crippen LogP contribution is 2.39. The first kappa shape index (κ1) is 29.3. The topological polar surface area (TPSA) is 26.3 Å². The van der Waals surface area contributed by atoms with E-state index in [0.29, 0.717) is 5.78 Å². The predicted octanol–water partition coefficient (Wildman–Crippen LogP) is 7.86. The normalized spacial score (nSPS) is 18.5. The minimum atomic E-state index is -2.42. The Kier molecular flexibility index (Phi) is 11.7. The van der Waals surface area contributed by atoms with E-state index in [0.717, 1.165) is 51.6 Å². The SMILES string of the molecule is C=CCCC.CC(C)(C)[Si](OCCCC[C@]1(C)CCCC(=O)C1)(c1ccccc1)c1ccccc1. The van der Waals surface area contributed by atoms with Crippen LogP contribution in [-0.2, 0) is 9.22 Å². The van der Waals surface area contributed by atoms with Gasteiger partial charge >= 0.3 is 0 Å². The Morgan fingerprint density at radius 3 is 2.00 bits per heavy atom. The minimum absolute atomic E-state index is 0.0253. The van der Waals surface area contributed by atoms with Crippen molar-refractivity contribution < 1.29 is 9.22 Å². The molecule has 1 aliphatic rings. The van der Waals surface area contributed by atoms with Gasteiger partial charge in [-0.2, -0.15) is 0 Å². The summed E-state index contributed by atoms with van der Waals surface area (Å²) in [4.78, 5) is 11.9. The highest BCUT2D eigenvalue weighted by Gasteiger charge is 2.49. The Bertz CT molecular complexity index is 845. The molecule has 0 aromatic heterocycles. The van der Waals surface area contributed by atoms with Crippen LogP contribution in [0.4, 0.5) is 0 Å². The maximum atomic E-state index is 11.9. The quantitative estimate of drug-likeness (QED) is 0.192. The van der Waals surface area contributed by atoms with Crippen molar-refractivity contribution in [3.8, 4) is 0 Å². The van der Waals surface area contributed by atoms with Crippen molar-refractivity contribution in [1.82, 2.24) is 0 Å². The summed E-state index contributed by atoms with van der Waals surface area (Å²) in [7, 11) is -2.42. The van der Waals surface area contributed by atoms with Gasteiger partial charge in [-0.05, 0) is 52.9 Å². The highest BCUT2D eigenvalue weighted by molar-refractivity contribution is 6.99. The number of benzene rings is 2. The standard InChI is InChI=1S/C27H38O2Si.C5H10/c1-26(2,3)30(24-15-7-5-8-16-24,25-17-9-6-10-18-25)29-21-12-11-19-27(4)20-13-14-23(28)22-27;1-3-5-4-2/h5-10,15-18H,11-14,19-22H2,1-4H3;3H,1,4-5H2,2H3/t27-;/m1./s1. The minimum Gasteiger partial charge on any atom is -0.407 e. The molecule has 2 aromatic carbocycles. The first-order valence-corrected chi connectivity index (χ1v) is 15.5. The van der Waals surface area contributed by atoms with Crippen LogP contribution < -0.4 is 10.4 Å². The Morgan fingerprint density at radius 1 is 1.00 bits per heavy atom. The van der Waals surface area contributed by atoms with Crippen LogP contribution in [0.5, 0.6) is 0 Å². The average molecular weight is 493 g/mol. The third kappa shape index (κ3) is 8.29. The van der Waals surface area contributed by atoms with Crippen LogP contribution in [0.25, 0.3) is 0 Å². The second kappa shape index (κ2) is 13.9. The zero-order valence-electron chi connectivity index (χ0n) is 22.9. The lowest BCUT2D eigenvalue weighted by Crippen LogP contribution is -2.66. The van der Waals surface area contributed by atoms with E-state index in [1.807, 2.05) is 6.08 Å². The molecule has 0 aliphatic heterocycles. The van der Waals surface area contributed by atoms with Gasteiger partial charge in [0.15, 0.2) is 0 Å². The first-order valence-electron chi connectivity index (χ1n) is 13.6. The van der Waals surface area contributed by atoms with Crippen LogP contribution in [0.15, 0.2) is 73.3 Å². The molecule has 1 fully saturated rings. The molecule has 2 aromatic rings. The largest absolute Gasteiger partial charge is 0.407 e. The number of Topliss-reactive ketones (excluding diaryl/α,β-unsaturated/α-hetero) is 1. The lowest BCUT2D eigenvalue weighted by Gasteiger charge is -2.43. The van der Waals surface area contributed by atoms with E-state index >= 15 is 0 Å². The second-order valence-corrected chi connectivity index (χ2v) is 15.7. The lowest BCUT2D eigenvalue weighted by molar-refractivity contribution is -0.123. The van der Waals surface area contributed by atoms with Crippen molar-refractivity contribution in [3.05, 3.63) is 73.3 Å². The Balaban J connectivity index is 0.000000784. The van der Waals surface area contributed by atoms with Gasteiger partial charge in [0.2, 0.25) is 0 Å². The van der Waals surface area contributed by atoms with Crippen LogP contribution in [-0.4, -0.2) is 20.7 Å². The van der Waals surface area contributed by atoms with Gasteiger partial charge in [0.05, 0.1) is 0 Å². The maximum absolute atomic E-state index is 11.9. The van der Waals surface area contributed by atoms with E-state index in [-0.39, 0.29) is 10.5 Å². The van der Waals surface area contributed by atoms with Gasteiger partial charge in [-0.1, -0.05) is 114 Å². The highest BCUT2D eigenvalue weighted by atomic mass is 28.4. The summed E-state index contributed by atoms with van der Waals surface area (Å²) in [6, 6.07) is 21.7. The summed E-state index contributed by atoms with van der Waals surface area (Å²) in [5.41, 5.74) is 0.201. The predicted molar refractivity (Wildman–Crippen MR) is 154 cm³/mol. The lowest BCUT2D eigenvalue weighted by atomic mass is 9.72. The third-order valence-electron chi connectivity index (χ3n) is 7.26. The molecule has 0 spiro atoms. The molecule has 0 N–H and O–H groups in total. The van der Waals surface area contributed by atoms with E-state index in [1.54, 1.807) is 0 Å². The molecule has 3 heteroatoms. The van der Waals surface area contributed by atoms with Crippen LogP contribution in [0, 0.1) is 5.41 Å². The zero-order valence-corrected chi connectivity index (χ0v) is 23.9.